The Balaban J connectivity index is 4.78. The van der Waals surface area contributed by atoms with Gasteiger partial charge in [-0.15, -0.1) is 0 Å². The second-order valence-electron chi connectivity index (χ2n) is 9.31. The number of hydrogen-bond acceptors (Lipinski definition) is 5. The fourth-order valence-corrected chi connectivity index (χ4v) is 20.8. The second kappa shape index (κ2) is 10.3. The van der Waals surface area contributed by atoms with E-state index in [0.29, 0.717) is 13.2 Å². The maximum Gasteiger partial charge on any atom is 0.315 e. The zero-order chi connectivity index (χ0) is 19.9. The van der Waals surface area contributed by atoms with Crippen molar-refractivity contribution >= 4 is 33.8 Å². The van der Waals surface area contributed by atoms with E-state index in [1.165, 1.54) is 0 Å². The van der Waals surface area contributed by atoms with Crippen LogP contribution in [0.15, 0.2) is 0 Å². The van der Waals surface area contributed by atoms with Crippen LogP contribution < -0.4 is 0 Å². The first kappa shape index (κ1) is 25.7. The van der Waals surface area contributed by atoms with Gasteiger partial charge in [-0.25, -0.2) is 0 Å². The minimum Gasteiger partial charge on any atom is -0.437 e. The number of hydrogen-bond donors (Lipinski definition) is 1. The van der Waals surface area contributed by atoms with E-state index in [2.05, 4.69) is 58.9 Å². The summed E-state index contributed by atoms with van der Waals surface area (Å²) >= 11 is 0. The van der Waals surface area contributed by atoms with E-state index >= 15 is 0 Å². The van der Waals surface area contributed by atoms with E-state index in [1.54, 1.807) is 0 Å². The molecule has 152 valence electrons. The lowest BCUT2D eigenvalue weighted by molar-refractivity contribution is 0.0349. The largest absolute Gasteiger partial charge is 0.437 e. The first-order valence-corrected chi connectivity index (χ1v) is 21.6. The molecule has 9 heteroatoms. The molecule has 1 N–H and O–H groups in total. The fraction of sp³-hybridized carbons (Fsp3) is 1.00. The van der Waals surface area contributed by atoms with Gasteiger partial charge in [0.2, 0.25) is 0 Å². The first-order chi connectivity index (χ1) is 11.1. The Morgan fingerprint density at radius 1 is 0.800 bits per heavy atom. The van der Waals surface area contributed by atoms with E-state index in [4.69, 9.17) is 17.1 Å². The van der Waals surface area contributed by atoms with Crippen molar-refractivity contribution in [2.24, 2.45) is 0 Å². The number of aliphatic hydroxyl groups excluding tert-OH is 1. The van der Waals surface area contributed by atoms with Crippen LogP contribution in [0, 0.1) is 0 Å². The SMILES string of the molecule is CCC(O)COCCC[Si](C)(O[Si](C)(C)C)O[Si](C)(C)O[Si](C)(C)C. The van der Waals surface area contributed by atoms with Gasteiger partial charge in [0, 0.05) is 6.61 Å². The van der Waals surface area contributed by atoms with Gasteiger partial charge in [-0.2, -0.15) is 0 Å². The molecule has 0 radical (unpaired) electrons. The maximum atomic E-state index is 9.56. The third-order valence-corrected chi connectivity index (χ3v) is 16.8. The van der Waals surface area contributed by atoms with Crippen LogP contribution in [-0.2, 0) is 17.1 Å². The maximum absolute atomic E-state index is 9.56. The molecule has 0 amide bonds. The first-order valence-electron chi connectivity index (χ1n) is 9.44. The summed E-state index contributed by atoms with van der Waals surface area (Å²) in [7, 11) is -7.91. The van der Waals surface area contributed by atoms with Gasteiger partial charge in [0.05, 0.1) is 12.7 Å². The molecule has 0 heterocycles. The Morgan fingerprint density at radius 2 is 1.32 bits per heavy atom. The Labute approximate surface area is 160 Å². The zero-order valence-corrected chi connectivity index (χ0v) is 22.2. The van der Waals surface area contributed by atoms with Crippen molar-refractivity contribution in [3.63, 3.8) is 0 Å². The van der Waals surface area contributed by atoms with Crippen molar-refractivity contribution in [2.45, 2.75) is 90.8 Å². The summed E-state index contributed by atoms with van der Waals surface area (Å²) in [6, 6.07) is 0.894. The lowest BCUT2D eigenvalue weighted by Crippen LogP contribution is -2.56. The zero-order valence-electron chi connectivity index (χ0n) is 18.2. The van der Waals surface area contributed by atoms with E-state index in [9.17, 15) is 5.11 Å². The average molecular weight is 427 g/mol. The topological polar surface area (TPSA) is 57.2 Å². The van der Waals surface area contributed by atoms with E-state index in [0.717, 1.165) is 18.9 Å². The molecule has 25 heavy (non-hydrogen) atoms. The normalized spacial score (nSPS) is 17.4. The van der Waals surface area contributed by atoms with Crippen molar-refractivity contribution in [1.29, 1.82) is 0 Å². The molecule has 0 aromatic heterocycles. The van der Waals surface area contributed by atoms with Gasteiger partial charge in [0.15, 0.2) is 16.6 Å². The van der Waals surface area contributed by atoms with Crippen LogP contribution in [0.1, 0.15) is 19.8 Å². The predicted octanol–water partition coefficient (Wildman–Crippen LogP) is 4.66. The Hall–Kier alpha value is 0.668. The van der Waals surface area contributed by atoms with Gasteiger partial charge < -0.3 is 22.2 Å². The monoisotopic (exact) mass is 426 g/mol. The van der Waals surface area contributed by atoms with Crippen molar-refractivity contribution in [2.75, 3.05) is 13.2 Å². The van der Waals surface area contributed by atoms with Gasteiger partial charge in [-0.1, -0.05) is 6.92 Å². The van der Waals surface area contributed by atoms with Crippen LogP contribution in [0.4, 0.5) is 0 Å². The van der Waals surface area contributed by atoms with Crippen LogP contribution >= 0.6 is 0 Å². The molecule has 0 aliphatic carbocycles. The molecule has 0 aliphatic heterocycles. The van der Waals surface area contributed by atoms with Crippen LogP contribution in [0.25, 0.3) is 0 Å². The Kier molecular flexibility index (Phi) is 10.6. The molecule has 0 fully saturated rings. The summed E-state index contributed by atoms with van der Waals surface area (Å²) in [5.74, 6) is 0. The third-order valence-electron chi connectivity index (χ3n) is 3.24. The smallest absolute Gasteiger partial charge is 0.315 e. The standard InChI is InChI=1S/C16H42O5Si4/c1-11-16(17)15-18-13-12-14-25(10,20-23(5,6)7)21-24(8,9)19-22(2,3)4/h16-17H,11-15H2,1-10H3. The number of rotatable bonds is 13. The summed E-state index contributed by atoms with van der Waals surface area (Å²) in [6.07, 6.45) is 1.25. The molecule has 0 saturated carbocycles. The summed E-state index contributed by atoms with van der Waals surface area (Å²) in [5, 5.41) is 9.56. The number of ether oxygens (including phenoxy) is 1. The lowest BCUT2D eigenvalue weighted by Gasteiger charge is -2.41. The molecule has 5 nitrogen and oxygen atoms in total. The molecule has 0 aliphatic rings. The van der Waals surface area contributed by atoms with Crippen molar-refractivity contribution < 1.29 is 22.2 Å². The quantitative estimate of drug-likeness (QED) is 0.343. The minimum absolute atomic E-state index is 0.366. The van der Waals surface area contributed by atoms with E-state index in [-0.39, 0.29) is 6.10 Å². The average Bonchev–Trinajstić information content (AvgIpc) is 2.31. The third kappa shape index (κ3) is 14.4. The highest BCUT2D eigenvalue weighted by molar-refractivity contribution is 6.89. The summed E-state index contributed by atoms with van der Waals surface area (Å²) in [6.45, 7) is 22.7. The van der Waals surface area contributed by atoms with Gasteiger partial charge in [0.25, 0.3) is 0 Å². The molecule has 0 aromatic carbocycles. The molecular weight excluding hydrogens is 385 g/mol. The summed E-state index contributed by atoms with van der Waals surface area (Å²) in [5.41, 5.74) is 0. The molecule has 0 bridgehead atoms. The van der Waals surface area contributed by atoms with E-state index < -0.39 is 33.8 Å². The predicted molar refractivity (Wildman–Crippen MR) is 116 cm³/mol. The highest BCUT2D eigenvalue weighted by atomic mass is 28.5. The Bertz CT molecular complexity index is 382. The second-order valence-corrected chi connectivity index (χ2v) is 25.8. The van der Waals surface area contributed by atoms with Crippen LogP contribution in [0.2, 0.25) is 65.0 Å². The van der Waals surface area contributed by atoms with Gasteiger partial charge in [-0.05, 0) is 77.8 Å². The van der Waals surface area contributed by atoms with Crippen molar-refractivity contribution in [3.05, 3.63) is 0 Å². The highest BCUT2D eigenvalue weighted by Crippen LogP contribution is 2.27. The van der Waals surface area contributed by atoms with E-state index in [1.807, 2.05) is 6.92 Å². The molecule has 2 atom stereocenters. The van der Waals surface area contributed by atoms with Gasteiger partial charge in [0.1, 0.15) is 0 Å². The molecular formula is C16H42O5Si4. The van der Waals surface area contributed by atoms with Crippen molar-refractivity contribution in [3.8, 4) is 0 Å². The molecule has 2 unspecified atom stereocenters. The van der Waals surface area contributed by atoms with Crippen molar-refractivity contribution in [1.82, 2.24) is 0 Å². The van der Waals surface area contributed by atoms with Crippen LogP contribution in [-0.4, -0.2) is 58.2 Å². The minimum atomic E-state index is -2.33. The molecule has 0 spiro atoms. The summed E-state index contributed by atoms with van der Waals surface area (Å²) < 4.78 is 25.1. The highest BCUT2D eigenvalue weighted by Gasteiger charge is 2.44. The lowest BCUT2D eigenvalue weighted by atomic mass is 10.3. The molecule has 0 rings (SSSR count). The molecule has 0 aromatic rings. The van der Waals surface area contributed by atoms with Crippen LogP contribution in [0.3, 0.4) is 0 Å². The van der Waals surface area contributed by atoms with Crippen LogP contribution in [0.5, 0.6) is 0 Å². The van der Waals surface area contributed by atoms with Gasteiger partial charge >= 0.3 is 17.1 Å². The Morgan fingerprint density at radius 3 is 1.76 bits per heavy atom. The van der Waals surface area contributed by atoms with Gasteiger partial charge in [-0.3, -0.25) is 0 Å². The summed E-state index contributed by atoms with van der Waals surface area (Å²) in [4.78, 5) is 0. The number of aliphatic hydroxyl groups is 1. The molecule has 0 saturated heterocycles. The fourth-order valence-electron chi connectivity index (χ4n) is 2.88.